The maximum Gasteiger partial charge on any atom is 0.417 e. The number of aryl methyl sites for hydroxylation is 1. The lowest BCUT2D eigenvalue weighted by Gasteiger charge is -2.28. The standard InChI is InChI=1S/C18H18N2O3/c1-2-20-16-10-9-14(12-13(16)8-11-17(20)21)19-18(22)23-15-6-4-3-5-7-15/h3-7,9-10,12H,2,8,11H2,1H3,(H,19,22). The SMILES string of the molecule is CCN1C(=O)CCc2cc(NC(=O)Oc3ccccc3)ccc21. The molecule has 2 aromatic rings. The molecule has 0 aromatic heterocycles. The number of nitrogens with zero attached hydrogens (tertiary/aromatic N) is 1. The van der Waals surface area contributed by atoms with Gasteiger partial charge in [0.05, 0.1) is 0 Å². The van der Waals surface area contributed by atoms with Crippen LogP contribution in [0.1, 0.15) is 18.9 Å². The third kappa shape index (κ3) is 3.34. The molecule has 0 radical (unpaired) electrons. The maximum absolute atomic E-state index is 11.9. The number of hydrogen-bond acceptors (Lipinski definition) is 3. The highest BCUT2D eigenvalue weighted by Crippen LogP contribution is 2.30. The molecule has 23 heavy (non-hydrogen) atoms. The van der Waals surface area contributed by atoms with E-state index in [2.05, 4.69) is 5.32 Å². The van der Waals surface area contributed by atoms with Crippen molar-refractivity contribution in [2.75, 3.05) is 16.8 Å². The van der Waals surface area contributed by atoms with Gasteiger partial charge in [-0.15, -0.1) is 0 Å². The summed E-state index contributed by atoms with van der Waals surface area (Å²) in [6.07, 6.45) is 0.655. The fourth-order valence-electron chi connectivity index (χ4n) is 2.72. The van der Waals surface area contributed by atoms with Crippen molar-refractivity contribution in [2.24, 2.45) is 0 Å². The van der Waals surface area contributed by atoms with Crippen molar-refractivity contribution in [1.29, 1.82) is 0 Å². The molecule has 2 amide bonds. The number of ether oxygens (including phenoxy) is 1. The predicted octanol–water partition coefficient (Wildman–Crippen LogP) is 3.60. The van der Waals surface area contributed by atoms with Crippen LogP contribution in [-0.2, 0) is 11.2 Å². The molecule has 118 valence electrons. The molecule has 1 aliphatic rings. The van der Waals surface area contributed by atoms with E-state index in [1.807, 2.05) is 25.1 Å². The van der Waals surface area contributed by atoms with Gasteiger partial charge in [-0.05, 0) is 49.2 Å². The molecule has 3 rings (SSSR count). The molecule has 0 spiro atoms. The van der Waals surface area contributed by atoms with Crippen LogP contribution < -0.4 is 15.0 Å². The molecule has 0 fully saturated rings. The zero-order valence-electron chi connectivity index (χ0n) is 12.9. The van der Waals surface area contributed by atoms with Gasteiger partial charge in [-0.3, -0.25) is 10.1 Å². The van der Waals surface area contributed by atoms with Crippen LogP contribution in [0.4, 0.5) is 16.2 Å². The van der Waals surface area contributed by atoms with Crippen LogP contribution >= 0.6 is 0 Å². The van der Waals surface area contributed by atoms with E-state index in [9.17, 15) is 9.59 Å². The Morgan fingerprint density at radius 2 is 1.96 bits per heavy atom. The first kappa shape index (κ1) is 15.1. The van der Waals surface area contributed by atoms with E-state index >= 15 is 0 Å². The Balaban J connectivity index is 1.72. The van der Waals surface area contributed by atoms with Crippen LogP contribution in [-0.4, -0.2) is 18.5 Å². The molecular formula is C18H18N2O3. The first-order valence-corrected chi connectivity index (χ1v) is 7.64. The van der Waals surface area contributed by atoms with Crippen LogP contribution in [0.15, 0.2) is 48.5 Å². The van der Waals surface area contributed by atoms with Gasteiger partial charge in [0.25, 0.3) is 0 Å². The van der Waals surface area contributed by atoms with Gasteiger partial charge in [0.2, 0.25) is 5.91 Å². The van der Waals surface area contributed by atoms with E-state index in [0.717, 1.165) is 11.3 Å². The number of benzene rings is 2. The molecule has 0 saturated carbocycles. The Kier molecular flexibility index (Phi) is 4.28. The van der Waals surface area contributed by atoms with Gasteiger partial charge >= 0.3 is 6.09 Å². The van der Waals surface area contributed by atoms with E-state index < -0.39 is 6.09 Å². The van der Waals surface area contributed by atoms with Crippen LogP contribution in [0, 0.1) is 0 Å². The highest BCUT2D eigenvalue weighted by atomic mass is 16.6. The van der Waals surface area contributed by atoms with Crippen LogP contribution in [0.5, 0.6) is 5.75 Å². The number of nitrogens with one attached hydrogen (secondary N) is 1. The number of fused-ring (bicyclic) bond motifs is 1. The van der Waals surface area contributed by atoms with Crippen LogP contribution in [0.25, 0.3) is 0 Å². The third-order valence-electron chi connectivity index (χ3n) is 3.80. The largest absolute Gasteiger partial charge is 0.417 e. The zero-order chi connectivity index (χ0) is 16.2. The third-order valence-corrected chi connectivity index (χ3v) is 3.80. The van der Waals surface area contributed by atoms with Crippen molar-refractivity contribution in [1.82, 2.24) is 0 Å². The second-order valence-corrected chi connectivity index (χ2v) is 5.31. The predicted molar refractivity (Wildman–Crippen MR) is 88.9 cm³/mol. The van der Waals surface area contributed by atoms with Crippen molar-refractivity contribution in [3.05, 3.63) is 54.1 Å². The molecule has 5 heteroatoms. The first-order chi connectivity index (χ1) is 11.2. The number of carbonyl (C=O) groups excluding carboxylic acids is 2. The summed E-state index contributed by atoms with van der Waals surface area (Å²) in [5.41, 5.74) is 2.64. The number of amides is 2. The lowest BCUT2D eigenvalue weighted by molar-refractivity contribution is -0.118. The van der Waals surface area contributed by atoms with Crippen molar-refractivity contribution < 1.29 is 14.3 Å². The molecule has 0 aliphatic carbocycles. The van der Waals surface area contributed by atoms with Crippen molar-refractivity contribution in [3.63, 3.8) is 0 Å². The van der Waals surface area contributed by atoms with Gasteiger partial charge in [0, 0.05) is 24.3 Å². The molecule has 2 aromatic carbocycles. The summed E-state index contributed by atoms with van der Waals surface area (Å²) in [6.45, 7) is 2.60. The average molecular weight is 310 g/mol. The number of anilines is 2. The monoisotopic (exact) mass is 310 g/mol. The summed E-state index contributed by atoms with van der Waals surface area (Å²) < 4.78 is 5.21. The Morgan fingerprint density at radius 3 is 2.70 bits per heavy atom. The van der Waals surface area contributed by atoms with Crippen molar-refractivity contribution in [2.45, 2.75) is 19.8 Å². The lowest BCUT2D eigenvalue weighted by atomic mass is 10.0. The summed E-state index contributed by atoms with van der Waals surface area (Å²) >= 11 is 0. The van der Waals surface area contributed by atoms with E-state index in [0.29, 0.717) is 30.8 Å². The minimum atomic E-state index is -0.532. The normalized spacial score (nSPS) is 13.4. The fraction of sp³-hybridized carbons (Fsp3) is 0.222. The first-order valence-electron chi connectivity index (χ1n) is 7.64. The van der Waals surface area contributed by atoms with Gasteiger partial charge in [0.1, 0.15) is 5.75 Å². The molecular weight excluding hydrogens is 292 g/mol. The smallest absolute Gasteiger partial charge is 0.410 e. The van der Waals surface area contributed by atoms with Gasteiger partial charge in [-0.1, -0.05) is 18.2 Å². The summed E-state index contributed by atoms with van der Waals surface area (Å²) in [5.74, 6) is 0.634. The van der Waals surface area contributed by atoms with E-state index in [4.69, 9.17) is 4.74 Å². The number of rotatable bonds is 3. The van der Waals surface area contributed by atoms with E-state index in [1.54, 1.807) is 35.2 Å². The van der Waals surface area contributed by atoms with Gasteiger partial charge in [-0.2, -0.15) is 0 Å². The maximum atomic E-state index is 11.9. The topological polar surface area (TPSA) is 58.6 Å². The molecule has 1 aliphatic heterocycles. The van der Waals surface area contributed by atoms with Gasteiger partial charge in [0.15, 0.2) is 0 Å². The van der Waals surface area contributed by atoms with E-state index in [-0.39, 0.29) is 5.91 Å². The Bertz CT molecular complexity index is 728. The Hall–Kier alpha value is -2.82. The molecule has 0 unspecified atom stereocenters. The lowest BCUT2D eigenvalue weighted by Crippen LogP contribution is -2.34. The van der Waals surface area contributed by atoms with Crippen molar-refractivity contribution >= 4 is 23.4 Å². The molecule has 1 N–H and O–H groups in total. The van der Waals surface area contributed by atoms with Gasteiger partial charge in [-0.25, -0.2) is 4.79 Å². The fourth-order valence-corrected chi connectivity index (χ4v) is 2.72. The molecule has 0 atom stereocenters. The molecule has 0 bridgehead atoms. The van der Waals surface area contributed by atoms with Crippen molar-refractivity contribution in [3.8, 4) is 5.75 Å². The highest BCUT2D eigenvalue weighted by Gasteiger charge is 2.23. The highest BCUT2D eigenvalue weighted by molar-refractivity contribution is 5.97. The summed E-state index contributed by atoms with van der Waals surface area (Å²) in [7, 11) is 0. The van der Waals surface area contributed by atoms with Crippen LogP contribution in [0.2, 0.25) is 0 Å². The second kappa shape index (κ2) is 6.52. The van der Waals surface area contributed by atoms with E-state index in [1.165, 1.54) is 0 Å². The summed E-state index contributed by atoms with van der Waals surface area (Å²) in [6, 6.07) is 14.5. The zero-order valence-corrected chi connectivity index (χ0v) is 12.9. The minimum Gasteiger partial charge on any atom is -0.410 e. The van der Waals surface area contributed by atoms with Crippen LogP contribution in [0.3, 0.4) is 0 Å². The summed E-state index contributed by atoms with van der Waals surface area (Å²) in [5, 5.41) is 2.72. The number of carbonyl (C=O) groups is 2. The molecule has 0 saturated heterocycles. The quantitative estimate of drug-likeness (QED) is 0.942. The number of hydrogen-bond donors (Lipinski definition) is 1. The average Bonchev–Trinajstić information content (AvgIpc) is 2.56. The van der Waals surface area contributed by atoms with Gasteiger partial charge < -0.3 is 9.64 Å². The molecule has 1 heterocycles. The minimum absolute atomic E-state index is 0.143. The number of para-hydroxylation sites is 1. The molecule has 5 nitrogen and oxygen atoms in total. The summed E-state index contributed by atoms with van der Waals surface area (Å²) in [4.78, 5) is 25.6. The Morgan fingerprint density at radius 1 is 1.17 bits per heavy atom. The Labute approximate surface area is 134 Å². The second-order valence-electron chi connectivity index (χ2n) is 5.31.